The van der Waals surface area contributed by atoms with E-state index < -0.39 is 9.84 Å². The highest BCUT2D eigenvalue weighted by atomic mass is 35.5. The Morgan fingerprint density at radius 3 is 2.84 bits per heavy atom. The molecule has 19 heavy (non-hydrogen) atoms. The SMILES string of the molecule is CCc1nn(C)c(CNC2CCCS(=O)(=O)C2)c1Cl. The van der Waals surface area contributed by atoms with Crippen molar-refractivity contribution in [3.05, 3.63) is 16.4 Å². The van der Waals surface area contributed by atoms with Crippen molar-refractivity contribution >= 4 is 21.4 Å². The summed E-state index contributed by atoms with van der Waals surface area (Å²) in [4.78, 5) is 0. The van der Waals surface area contributed by atoms with E-state index in [2.05, 4.69) is 10.4 Å². The Balaban J connectivity index is 2.01. The summed E-state index contributed by atoms with van der Waals surface area (Å²) < 4.78 is 24.9. The van der Waals surface area contributed by atoms with Gasteiger partial charge >= 0.3 is 0 Å². The molecule has 0 aromatic carbocycles. The molecule has 1 atom stereocenters. The van der Waals surface area contributed by atoms with Crippen molar-refractivity contribution in [2.24, 2.45) is 7.05 Å². The van der Waals surface area contributed by atoms with Crippen LogP contribution in [0.5, 0.6) is 0 Å². The molecule has 0 aliphatic carbocycles. The molecule has 1 aliphatic heterocycles. The molecule has 1 N–H and O–H groups in total. The van der Waals surface area contributed by atoms with E-state index in [1.165, 1.54) is 0 Å². The van der Waals surface area contributed by atoms with E-state index in [1.807, 2.05) is 14.0 Å². The zero-order chi connectivity index (χ0) is 14.0. The summed E-state index contributed by atoms with van der Waals surface area (Å²) in [6, 6.07) is 0.0230. The number of aryl methyl sites for hydroxylation is 2. The first-order valence-electron chi connectivity index (χ1n) is 6.57. The zero-order valence-corrected chi connectivity index (χ0v) is 12.9. The zero-order valence-electron chi connectivity index (χ0n) is 11.3. The third kappa shape index (κ3) is 3.49. The topological polar surface area (TPSA) is 64.0 Å². The van der Waals surface area contributed by atoms with E-state index >= 15 is 0 Å². The molecule has 108 valence electrons. The minimum absolute atomic E-state index is 0.0230. The van der Waals surface area contributed by atoms with Crippen LogP contribution >= 0.6 is 11.6 Å². The standard InChI is InChI=1S/C12H20ClN3O2S/c1-3-10-12(13)11(16(2)15-10)7-14-9-5-4-6-19(17,18)8-9/h9,14H,3-8H2,1-2H3. The van der Waals surface area contributed by atoms with Crippen LogP contribution in [0.25, 0.3) is 0 Å². The number of rotatable bonds is 4. The van der Waals surface area contributed by atoms with Gasteiger partial charge in [0, 0.05) is 19.6 Å². The Hall–Kier alpha value is -0.590. The predicted molar refractivity (Wildman–Crippen MR) is 76.1 cm³/mol. The summed E-state index contributed by atoms with van der Waals surface area (Å²) in [5.74, 6) is 0.542. The Bertz CT molecular complexity index is 554. The second kappa shape index (κ2) is 5.81. The molecule has 0 bridgehead atoms. The van der Waals surface area contributed by atoms with Gasteiger partial charge in [-0.15, -0.1) is 0 Å². The molecule has 0 amide bonds. The Morgan fingerprint density at radius 1 is 1.53 bits per heavy atom. The van der Waals surface area contributed by atoms with Gasteiger partial charge in [-0.2, -0.15) is 5.10 Å². The smallest absolute Gasteiger partial charge is 0.151 e. The van der Waals surface area contributed by atoms with Gasteiger partial charge < -0.3 is 5.32 Å². The average molecular weight is 306 g/mol. The molecule has 1 saturated heterocycles. The molecule has 1 fully saturated rings. The van der Waals surface area contributed by atoms with Gasteiger partial charge in [-0.3, -0.25) is 4.68 Å². The molecule has 7 heteroatoms. The maximum atomic E-state index is 11.6. The molecule has 5 nitrogen and oxygen atoms in total. The van der Waals surface area contributed by atoms with E-state index in [4.69, 9.17) is 11.6 Å². The lowest BCUT2D eigenvalue weighted by Crippen LogP contribution is -2.40. The van der Waals surface area contributed by atoms with Crippen LogP contribution in [0.2, 0.25) is 5.02 Å². The van der Waals surface area contributed by atoms with Gasteiger partial charge in [0.25, 0.3) is 0 Å². The summed E-state index contributed by atoms with van der Waals surface area (Å²) in [7, 11) is -1.01. The number of hydrogen-bond acceptors (Lipinski definition) is 4. The average Bonchev–Trinajstić information content (AvgIpc) is 2.61. The molecule has 0 saturated carbocycles. The van der Waals surface area contributed by atoms with E-state index in [0.717, 1.165) is 30.7 Å². The van der Waals surface area contributed by atoms with Crippen LogP contribution in [0, 0.1) is 0 Å². The second-order valence-electron chi connectivity index (χ2n) is 5.02. The van der Waals surface area contributed by atoms with Crippen LogP contribution < -0.4 is 5.32 Å². The fraction of sp³-hybridized carbons (Fsp3) is 0.750. The van der Waals surface area contributed by atoms with E-state index in [-0.39, 0.29) is 11.8 Å². The summed E-state index contributed by atoms with van der Waals surface area (Å²) in [5.41, 5.74) is 1.80. The van der Waals surface area contributed by atoms with Crippen LogP contribution in [0.3, 0.4) is 0 Å². The summed E-state index contributed by atoms with van der Waals surface area (Å²) in [6.45, 7) is 2.57. The van der Waals surface area contributed by atoms with Crippen molar-refractivity contribution in [1.82, 2.24) is 15.1 Å². The number of sulfone groups is 1. The van der Waals surface area contributed by atoms with Crippen molar-refractivity contribution in [1.29, 1.82) is 0 Å². The lowest BCUT2D eigenvalue weighted by atomic mass is 10.2. The number of halogens is 1. The monoisotopic (exact) mass is 305 g/mol. The largest absolute Gasteiger partial charge is 0.307 e. The molecular formula is C12H20ClN3O2S. The molecule has 1 aliphatic rings. The highest BCUT2D eigenvalue weighted by Gasteiger charge is 2.25. The van der Waals surface area contributed by atoms with Gasteiger partial charge in [0.15, 0.2) is 9.84 Å². The lowest BCUT2D eigenvalue weighted by Gasteiger charge is -2.23. The number of hydrogen-bond donors (Lipinski definition) is 1. The number of aromatic nitrogens is 2. The van der Waals surface area contributed by atoms with Gasteiger partial charge in [0.05, 0.1) is 27.9 Å². The van der Waals surface area contributed by atoms with Crippen molar-refractivity contribution in [3.63, 3.8) is 0 Å². The Kier molecular flexibility index (Phi) is 4.53. The van der Waals surface area contributed by atoms with Gasteiger partial charge in [0.2, 0.25) is 0 Å². The molecule has 1 aromatic heterocycles. The molecule has 2 rings (SSSR count). The van der Waals surface area contributed by atoms with Gasteiger partial charge in [0.1, 0.15) is 0 Å². The van der Waals surface area contributed by atoms with Gasteiger partial charge in [-0.05, 0) is 19.3 Å². The second-order valence-corrected chi connectivity index (χ2v) is 7.63. The van der Waals surface area contributed by atoms with Crippen LogP contribution in [0.1, 0.15) is 31.2 Å². The summed E-state index contributed by atoms with van der Waals surface area (Å²) in [6.07, 6.45) is 2.43. The number of nitrogens with one attached hydrogen (secondary N) is 1. The van der Waals surface area contributed by atoms with Crippen molar-refractivity contribution < 1.29 is 8.42 Å². The minimum atomic E-state index is -2.87. The molecule has 0 radical (unpaired) electrons. The van der Waals surface area contributed by atoms with Crippen molar-refractivity contribution in [2.45, 2.75) is 38.8 Å². The number of nitrogens with zero attached hydrogens (tertiary/aromatic N) is 2. The molecule has 2 heterocycles. The molecule has 0 spiro atoms. The van der Waals surface area contributed by atoms with E-state index in [1.54, 1.807) is 4.68 Å². The van der Waals surface area contributed by atoms with Crippen LogP contribution in [-0.2, 0) is 29.9 Å². The third-order valence-electron chi connectivity index (χ3n) is 3.52. The first kappa shape index (κ1) is 14.8. The first-order valence-corrected chi connectivity index (χ1v) is 8.77. The highest BCUT2D eigenvalue weighted by Crippen LogP contribution is 2.21. The minimum Gasteiger partial charge on any atom is -0.307 e. The third-order valence-corrected chi connectivity index (χ3v) is 5.78. The molecular weight excluding hydrogens is 286 g/mol. The highest BCUT2D eigenvalue weighted by molar-refractivity contribution is 7.91. The molecule has 1 unspecified atom stereocenters. The summed E-state index contributed by atoms with van der Waals surface area (Å²) in [5, 5.41) is 8.33. The fourth-order valence-corrected chi connectivity index (χ4v) is 4.47. The fourth-order valence-electron chi connectivity index (χ4n) is 2.44. The van der Waals surface area contributed by atoms with Crippen LogP contribution in [-0.4, -0.2) is 35.7 Å². The first-order chi connectivity index (χ1) is 8.93. The normalized spacial score (nSPS) is 22.6. The quantitative estimate of drug-likeness (QED) is 0.911. The van der Waals surface area contributed by atoms with E-state index in [9.17, 15) is 8.42 Å². The Labute approximate surface area is 119 Å². The van der Waals surface area contributed by atoms with Crippen molar-refractivity contribution in [2.75, 3.05) is 11.5 Å². The van der Waals surface area contributed by atoms with Gasteiger partial charge in [-0.25, -0.2) is 8.42 Å². The summed E-state index contributed by atoms with van der Waals surface area (Å²) >= 11 is 6.26. The van der Waals surface area contributed by atoms with Gasteiger partial charge in [-0.1, -0.05) is 18.5 Å². The molecule has 1 aromatic rings. The van der Waals surface area contributed by atoms with Crippen LogP contribution in [0.4, 0.5) is 0 Å². The van der Waals surface area contributed by atoms with Crippen LogP contribution in [0.15, 0.2) is 0 Å². The van der Waals surface area contributed by atoms with Crippen molar-refractivity contribution in [3.8, 4) is 0 Å². The van der Waals surface area contributed by atoms with E-state index in [0.29, 0.717) is 17.3 Å². The maximum Gasteiger partial charge on any atom is 0.151 e. The maximum absolute atomic E-state index is 11.6. The predicted octanol–water partition coefficient (Wildman–Crippen LogP) is 1.30. The lowest BCUT2D eigenvalue weighted by molar-refractivity contribution is 0.471. The Morgan fingerprint density at radius 2 is 2.26 bits per heavy atom.